The van der Waals surface area contributed by atoms with E-state index in [9.17, 15) is 147 Å². The Morgan fingerprint density at radius 3 is 1.01 bits per heavy atom. The van der Waals surface area contributed by atoms with Crippen molar-refractivity contribution in [3.05, 3.63) is 0 Å². The van der Waals surface area contributed by atoms with Crippen LogP contribution in [0.25, 0.3) is 0 Å². The van der Waals surface area contributed by atoms with Crippen molar-refractivity contribution in [1.82, 2.24) is 21.3 Å². The second-order valence-electron chi connectivity index (χ2n) is 31.3. The zero-order valence-electron chi connectivity index (χ0n) is 65.9. The molecule has 121 heavy (non-hydrogen) atoms. The lowest BCUT2D eigenvalue weighted by Gasteiger charge is -2.52. The quantitative estimate of drug-likeness (QED) is 0.0297. The van der Waals surface area contributed by atoms with Crippen LogP contribution >= 0.6 is 0 Å². The summed E-state index contributed by atoms with van der Waals surface area (Å²) >= 11 is 0. The predicted octanol–water partition coefficient (Wildman–Crippen LogP) is -19.0. The maximum absolute atomic E-state index is 13.5. The second kappa shape index (κ2) is 43.5. The van der Waals surface area contributed by atoms with Gasteiger partial charge < -0.3 is 239 Å². The van der Waals surface area contributed by atoms with E-state index in [1.54, 1.807) is 0 Å². The molecule has 0 aromatic heterocycles. The Morgan fingerprint density at radius 2 is 0.529 bits per heavy atom. The Morgan fingerprint density at radius 1 is 0.231 bits per heavy atom. The van der Waals surface area contributed by atoms with Gasteiger partial charge in [0.05, 0.1) is 84.4 Å². The van der Waals surface area contributed by atoms with Crippen LogP contribution in [0, 0.1) is 11.8 Å². The molecular weight excluding hydrogens is 1650 g/mol. The highest BCUT2D eigenvalue weighted by Crippen LogP contribution is 2.42. The summed E-state index contributed by atoms with van der Waals surface area (Å²) < 4.78 is 115. The summed E-state index contributed by atoms with van der Waals surface area (Å²) in [6.07, 6.45) is -87.4. The van der Waals surface area contributed by atoms with E-state index in [-0.39, 0.29) is 0 Å². The molecule has 4 amide bonds. The standard InChI is InChI=1S/C69H116N4O48/c1-17-23(7-74)106-66(50(99)38(17)87)118-56-36(73-22(6)85)63(113-31(43(56)92)15-103-64-39(88)18(2)37(86)24(8-75)107-64)116-54-29(13-80)112-62(35(46(54)95)72-21(5)84)120-58-49(98)41(90)26(10-77)110-68(58)119-57-44(93)32(16-104-65-52(101)48(97)40(89)25(9-76)108-65)114-69(59(57)121-67-51(100)42(91)27(11-78)109-67)117-55-30(14-81)111-61(34(47(55)96)71-20(4)83)115-53-28(12-79)105-60(102)33(45(53)94)70-19(3)82/h17-18,23-69,74-81,86-102H,7-16H2,1-6H3,(H,70,82)(H,71,83)(H,72,84)(H,73,85)/t17-,18-,23+,24+,25+,26+,27+,28+,29+,30+,31+,32+,33+,34+,35+,36+,37+,38-,39+,40+,41+,42-,43-,44+,45+,46+,47+,48-,49-,50+,51+,52-,53+,54+,55+,56+,57-,58-,59-,60?,61-,62-,63-,64+,65-,66-,67-,68+,69-/m0/s1. The molecule has 10 aliphatic rings. The molecule has 0 aromatic rings. The van der Waals surface area contributed by atoms with Gasteiger partial charge in [-0.1, -0.05) is 13.8 Å². The van der Waals surface area contributed by atoms with Crippen molar-refractivity contribution < 1.29 is 237 Å². The van der Waals surface area contributed by atoms with Crippen LogP contribution in [-0.2, 0) is 109 Å². The van der Waals surface area contributed by atoms with Crippen molar-refractivity contribution in [2.75, 3.05) is 66.1 Å². The van der Waals surface area contributed by atoms with Crippen molar-refractivity contribution >= 4 is 23.6 Å². The van der Waals surface area contributed by atoms with Gasteiger partial charge >= 0.3 is 0 Å². The number of hydrogen-bond donors (Lipinski definition) is 29. The van der Waals surface area contributed by atoms with Crippen LogP contribution in [-0.4, -0.2) is 506 Å². The van der Waals surface area contributed by atoms with Crippen molar-refractivity contribution in [1.29, 1.82) is 0 Å². The lowest BCUT2D eigenvalue weighted by molar-refractivity contribution is -0.407. The van der Waals surface area contributed by atoms with Crippen molar-refractivity contribution in [3.8, 4) is 0 Å². The Hall–Kier alpha value is -3.88. The van der Waals surface area contributed by atoms with Gasteiger partial charge in [-0.25, -0.2) is 0 Å². The third-order valence-corrected chi connectivity index (χ3v) is 22.9. The maximum atomic E-state index is 13.5. The molecule has 52 heteroatoms. The molecule has 700 valence electrons. The summed E-state index contributed by atoms with van der Waals surface area (Å²) in [5, 5.41) is 290. The number of nitrogens with one attached hydrogen (secondary N) is 4. The van der Waals surface area contributed by atoms with Gasteiger partial charge in [-0.2, -0.15) is 0 Å². The smallest absolute Gasteiger partial charge is 0.217 e. The number of carbonyl (C=O) groups is 4. The van der Waals surface area contributed by atoms with Gasteiger partial charge in [-0.3, -0.25) is 19.2 Å². The minimum absolute atomic E-state index is 0.750. The van der Waals surface area contributed by atoms with E-state index in [2.05, 4.69) is 21.3 Å². The molecule has 0 spiro atoms. The maximum Gasteiger partial charge on any atom is 0.217 e. The number of rotatable bonds is 32. The Bertz CT molecular complexity index is 3250. The molecule has 1 unspecified atom stereocenters. The molecule has 0 saturated carbocycles. The fraction of sp³-hybridized carbons (Fsp3) is 0.942. The van der Waals surface area contributed by atoms with E-state index in [4.69, 9.17) is 90.0 Å². The van der Waals surface area contributed by atoms with E-state index < -0.39 is 390 Å². The normalized spacial score (nSPS) is 49.3. The molecule has 10 rings (SSSR count). The van der Waals surface area contributed by atoms with Crippen LogP contribution in [0.2, 0.25) is 0 Å². The molecule has 0 aliphatic carbocycles. The highest BCUT2D eigenvalue weighted by Gasteiger charge is 2.62. The molecule has 49 atom stereocenters. The number of carbonyl (C=O) groups excluding carboxylic acids is 4. The molecular formula is C69H116N4O48. The van der Waals surface area contributed by atoms with Gasteiger partial charge in [0.2, 0.25) is 23.6 Å². The molecule has 10 fully saturated rings. The lowest BCUT2D eigenvalue weighted by atomic mass is 9.90. The monoisotopic (exact) mass is 1770 g/mol. The van der Waals surface area contributed by atoms with Gasteiger partial charge in [0, 0.05) is 39.5 Å². The van der Waals surface area contributed by atoms with Gasteiger partial charge in [-0.05, 0) is 0 Å². The predicted molar refractivity (Wildman–Crippen MR) is 376 cm³/mol. The summed E-state index contributed by atoms with van der Waals surface area (Å²) in [5.41, 5.74) is 0. The Labute approximate surface area is 687 Å². The second-order valence-corrected chi connectivity index (χ2v) is 31.3. The zero-order chi connectivity index (χ0) is 88.9. The third kappa shape index (κ3) is 22.0. The van der Waals surface area contributed by atoms with E-state index in [1.165, 1.54) is 13.8 Å². The van der Waals surface area contributed by atoms with Crippen molar-refractivity contribution in [2.24, 2.45) is 11.8 Å². The fourth-order valence-corrected chi connectivity index (χ4v) is 16.0. The minimum Gasteiger partial charge on any atom is -0.394 e. The first-order chi connectivity index (χ1) is 57.3. The van der Waals surface area contributed by atoms with Gasteiger partial charge in [-0.15, -0.1) is 0 Å². The van der Waals surface area contributed by atoms with Gasteiger partial charge in [0.25, 0.3) is 0 Å². The van der Waals surface area contributed by atoms with Crippen LogP contribution < -0.4 is 21.3 Å². The Balaban J connectivity index is 1.01. The highest BCUT2D eigenvalue weighted by molar-refractivity contribution is 5.74. The average molecular weight is 1770 g/mol. The van der Waals surface area contributed by atoms with Crippen LogP contribution in [0.1, 0.15) is 41.5 Å². The molecule has 10 saturated heterocycles. The molecule has 52 nitrogen and oxygen atoms in total. The molecule has 0 aromatic carbocycles. The van der Waals surface area contributed by atoms with Crippen molar-refractivity contribution in [2.45, 2.75) is 330 Å². The van der Waals surface area contributed by atoms with Crippen LogP contribution in [0.15, 0.2) is 0 Å². The first-order valence-electron chi connectivity index (χ1n) is 39.2. The zero-order valence-corrected chi connectivity index (χ0v) is 65.9. The number of hydrogen-bond acceptors (Lipinski definition) is 48. The summed E-state index contributed by atoms with van der Waals surface area (Å²) in [6.45, 7) is -3.59. The summed E-state index contributed by atoms with van der Waals surface area (Å²) in [5.74, 6) is -5.65. The first-order valence-corrected chi connectivity index (χ1v) is 39.2. The number of amides is 4. The largest absolute Gasteiger partial charge is 0.394 e. The number of aliphatic hydroxyl groups is 25. The molecule has 29 N–H and O–H groups in total. The number of aliphatic hydroxyl groups excluding tert-OH is 25. The third-order valence-electron chi connectivity index (χ3n) is 22.9. The SMILES string of the molecule is CC(=O)N[C@H]1[C@H](O[C@@H]2[C@@H](O[C@H]3[C@H](O)[C@@H](CO[C@H]4O[C@H](CO)[C@@H](O)[C@H](O)[C@@H]4O)O[C@@H](O[C@H]4[C@H](O)[C@@H](NC(C)=O)[C@H](O[C@H]5[C@H](O)[C@@H](NC(C)=O)C(O)O[C@@H]5CO)O[C@@H]4CO)[C@H]3O[C@@H]3O[C@H](CO)[C@H](O)[C@H]3O)O[C@H](CO)[C@@H](O)[C@@H]2O)O[C@H](CO)[C@@H](O[C@@H]2O[C@H](CO[C@@H]3O[C@H](CO)[C@H](O)[C@H](C)[C@H]3O)[C@H](O)[C@H](O[C@@H]3O[C@H](CO)[C@H](C)[C@H](O)[C@H]3O)[C@H]2NC(C)=O)[C@@H]1O. The van der Waals surface area contributed by atoms with E-state index >= 15 is 0 Å². The van der Waals surface area contributed by atoms with Crippen LogP contribution in [0.3, 0.4) is 0 Å². The summed E-state index contributed by atoms with van der Waals surface area (Å²) in [7, 11) is 0. The topological polar surface area (TPSA) is 798 Å². The highest BCUT2D eigenvalue weighted by atomic mass is 16.8. The summed E-state index contributed by atoms with van der Waals surface area (Å²) in [6, 6.07) is -7.60. The molecule has 10 heterocycles. The Kier molecular flexibility index (Phi) is 35.7. The van der Waals surface area contributed by atoms with Crippen LogP contribution in [0.4, 0.5) is 0 Å². The van der Waals surface area contributed by atoms with E-state index in [1.807, 2.05) is 0 Å². The van der Waals surface area contributed by atoms with Crippen LogP contribution in [0.5, 0.6) is 0 Å². The first kappa shape index (κ1) is 99.3. The van der Waals surface area contributed by atoms with Gasteiger partial charge in [0.1, 0.15) is 207 Å². The molecule has 10 aliphatic heterocycles. The fourth-order valence-electron chi connectivity index (χ4n) is 16.0. The molecule has 0 bridgehead atoms. The molecule has 0 radical (unpaired) electrons. The van der Waals surface area contributed by atoms with E-state index in [0.717, 1.165) is 27.7 Å². The minimum atomic E-state index is -2.51. The summed E-state index contributed by atoms with van der Waals surface area (Å²) in [4.78, 5) is 52.1. The lowest BCUT2D eigenvalue weighted by Crippen LogP contribution is -2.71. The average Bonchev–Trinajstić information content (AvgIpc) is 1.72. The number of ether oxygens (including phenoxy) is 19. The van der Waals surface area contributed by atoms with E-state index in [0.29, 0.717) is 0 Å². The van der Waals surface area contributed by atoms with Crippen molar-refractivity contribution in [3.63, 3.8) is 0 Å². The van der Waals surface area contributed by atoms with Gasteiger partial charge in [0.15, 0.2) is 62.9 Å².